The van der Waals surface area contributed by atoms with Gasteiger partial charge in [0, 0.05) is 37.6 Å². The van der Waals surface area contributed by atoms with Crippen molar-refractivity contribution in [1.29, 1.82) is 0 Å². The number of amides is 2. The van der Waals surface area contributed by atoms with Crippen molar-refractivity contribution in [3.05, 3.63) is 60.2 Å². The van der Waals surface area contributed by atoms with Gasteiger partial charge in [-0.1, -0.05) is 36.4 Å². The zero-order valence-corrected chi connectivity index (χ0v) is 16.7. The summed E-state index contributed by atoms with van der Waals surface area (Å²) < 4.78 is 0. The molecule has 1 N–H and O–H groups in total. The van der Waals surface area contributed by atoms with Gasteiger partial charge in [0.15, 0.2) is 0 Å². The molecule has 1 fully saturated rings. The molecule has 5 nitrogen and oxygen atoms in total. The maximum absolute atomic E-state index is 12.6. The summed E-state index contributed by atoms with van der Waals surface area (Å²) >= 11 is 1.47. The largest absolute Gasteiger partial charge is 0.368 e. The van der Waals surface area contributed by atoms with Crippen LogP contribution in [0.3, 0.4) is 0 Å². The minimum Gasteiger partial charge on any atom is -0.368 e. The SMILES string of the molecule is O=C1Nc2ccccc2CC[C@H]1SCC(=O)N1CCN(c2ccccc2)CC1. The first-order valence-electron chi connectivity index (χ1n) is 9.79. The van der Waals surface area contributed by atoms with Crippen LogP contribution in [0.2, 0.25) is 0 Å². The van der Waals surface area contributed by atoms with Gasteiger partial charge in [-0.2, -0.15) is 0 Å². The molecule has 0 saturated carbocycles. The van der Waals surface area contributed by atoms with Crippen molar-refractivity contribution in [1.82, 2.24) is 4.90 Å². The molecule has 4 rings (SSSR count). The maximum Gasteiger partial charge on any atom is 0.237 e. The average molecular weight is 396 g/mol. The number of carbonyl (C=O) groups excluding carboxylic acids is 2. The van der Waals surface area contributed by atoms with Gasteiger partial charge in [0.2, 0.25) is 11.8 Å². The van der Waals surface area contributed by atoms with Crippen LogP contribution >= 0.6 is 11.8 Å². The van der Waals surface area contributed by atoms with Gasteiger partial charge in [-0.15, -0.1) is 11.8 Å². The number of piperazine rings is 1. The third kappa shape index (κ3) is 4.33. The van der Waals surface area contributed by atoms with E-state index in [2.05, 4.69) is 28.4 Å². The molecule has 28 heavy (non-hydrogen) atoms. The highest BCUT2D eigenvalue weighted by Crippen LogP contribution is 2.27. The summed E-state index contributed by atoms with van der Waals surface area (Å²) in [7, 11) is 0. The first-order chi connectivity index (χ1) is 13.7. The first-order valence-corrected chi connectivity index (χ1v) is 10.8. The molecule has 0 radical (unpaired) electrons. The van der Waals surface area contributed by atoms with Crippen LogP contribution in [0.5, 0.6) is 0 Å². The van der Waals surface area contributed by atoms with Gasteiger partial charge in [-0.05, 0) is 36.6 Å². The smallest absolute Gasteiger partial charge is 0.237 e. The first kappa shape index (κ1) is 18.9. The van der Waals surface area contributed by atoms with E-state index in [0.717, 1.165) is 44.7 Å². The predicted octanol–water partition coefficient (Wildman–Crippen LogP) is 3.02. The summed E-state index contributed by atoms with van der Waals surface area (Å²) in [6.07, 6.45) is 1.62. The van der Waals surface area contributed by atoms with Crippen LogP contribution in [0.25, 0.3) is 0 Å². The van der Waals surface area contributed by atoms with Crippen molar-refractivity contribution in [2.75, 3.05) is 42.1 Å². The molecule has 146 valence electrons. The second kappa shape index (κ2) is 8.69. The number of aryl methyl sites for hydroxylation is 1. The number of carbonyl (C=O) groups is 2. The lowest BCUT2D eigenvalue weighted by molar-refractivity contribution is -0.128. The molecule has 6 heteroatoms. The van der Waals surface area contributed by atoms with Crippen molar-refractivity contribution in [2.45, 2.75) is 18.1 Å². The zero-order chi connectivity index (χ0) is 19.3. The summed E-state index contributed by atoms with van der Waals surface area (Å²) in [5.41, 5.74) is 3.28. The number of anilines is 2. The third-order valence-electron chi connectivity index (χ3n) is 5.41. The van der Waals surface area contributed by atoms with Crippen molar-refractivity contribution in [3.8, 4) is 0 Å². The number of thioether (sulfide) groups is 1. The van der Waals surface area contributed by atoms with Gasteiger partial charge in [-0.3, -0.25) is 9.59 Å². The lowest BCUT2D eigenvalue weighted by atomic mass is 10.1. The normalized spacial score (nSPS) is 19.6. The number of rotatable bonds is 4. The second-order valence-electron chi connectivity index (χ2n) is 7.19. The Balaban J connectivity index is 1.26. The Morgan fingerprint density at radius 3 is 2.50 bits per heavy atom. The molecule has 0 aliphatic carbocycles. The lowest BCUT2D eigenvalue weighted by Crippen LogP contribution is -2.49. The van der Waals surface area contributed by atoms with Gasteiger partial charge in [0.1, 0.15) is 0 Å². The van der Waals surface area contributed by atoms with Crippen LogP contribution in [-0.4, -0.2) is 53.9 Å². The number of hydrogen-bond donors (Lipinski definition) is 1. The number of nitrogens with zero attached hydrogens (tertiary/aromatic N) is 2. The predicted molar refractivity (Wildman–Crippen MR) is 115 cm³/mol. The van der Waals surface area contributed by atoms with E-state index in [1.807, 2.05) is 41.3 Å². The molecule has 2 heterocycles. The molecular formula is C22H25N3O2S. The maximum atomic E-state index is 12.6. The van der Waals surface area contributed by atoms with Crippen LogP contribution in [-0.2, 0) is 16.0 Å². The molecule has 2 aliphatic heterocycles. The molecule has 1 atom stereocenters. The summed E-state index contributed by atoms with van der Waals surface area (Å²) in [6.45, 7) is 3.16. The molecule has 2 aliphatic rings. The minimum absolute atomic E-state index is 0.0108. The molecule has 2 amide bonds. The molecule has 1 saturated heterocycles. The Hall–Kier alpha value is -2.47. The van der Waals surface area contributed by atoms with E-state index in [-0.39, 0.29) is 17.1 Å². The fraction of sp³-hybridized carbons (Fsp3) is 0.364. The number of benzene rings is 2. The summed E-state index contributed by atoms with van der Waals surface area (Å²) in [5.74, 6) is 0.503. The van der Waals surface area contributed by atoms with Crippen LogP contribution in [0, 0.1) is 0 Å². The highest BCUT2D eigenvalue weighted by Gasteiger charge is 2.27. The van der Waals surface area contributed by atoms with Crippen LogP contribution in [0.15, 0.2) is 54.6 Å². The molecule has 0 unspecified atom stereocenters. The molecule has 2 aromatic rings. The fourth-order valence-electron chi connectivity index (χ4n) is 3.77. The lowest BCUT2D eigenvalue weighted by Gasteiger charge is -2.36. The number of nitrogens with one attached hydrogen (secondary N) is 1. The van der Waals surface area contributed by atoms with E-state index in [0.29, 0.717) is 5.75 Å². The van der Waals surface area contributed by atoms with E-state index in [1.54, 1.807) is 0 Å². The zero-order valence-electron chi connectivity index (χ0n) is 15.8. The monoisotopic (exact) mass is 395 g/mol. The Kier molecular flexibility index (Phi) is 5.86. The summed E-state index contributed by atoms with van der Waals surface area (Å²) in [4.78, 5) is 29.4. The Bertz CT molecular complexity index is 835. The van der Waals surface area contributed by atoms with Gasteiger partial charge in [0.25, 0.3) is 0 Å². The van der Waals surface area contributed by atoms with Crippen LogP contribution < -0.4 is 10.2 Å². The minimum atomic E-state index is -0.179. The van der Waals surface area contributed by atoms with Crippen molar-refractivity contribution < 1.29 is 9.59 Å². The number of hydrogen-bond acceptors (Lipinski definition) is 4. The Morgan fingerprint density at radius 2 is 1.71 bits per heavy atom. The Morgan fingerprint density at radius 1 is 1.00 bits per heavy atom. The quantitative estimate of drug-likeness (QED) is 0.865. The summed E-state index contributed by atoms with van der Waals surface area (Å²) in [5, 5.41) is 2.83. The van der Waals surface area contributed by atoms with E-state index in [4.69, 9.17) is 0 Å². The number of fused-ring (bicyclic) bond motifs is 1. The topological polar surface area (TPSA) is 52.7 Å². The third-order valence-corrected chi connectivity index (χ3v) is 6.67. The molecule has 0 aromatic heterocycles. The van der Waals surface area contributed by atoms with Crippen molar-refractivity contribution >= 4 is 35.0 Å². The second-order valence-corrected chi connectivity index (χ2v) is 8.38. The van der Waals surface area contributed by atoms with Gasteiger partial charge in [-0.25, -0.2) is 0 Å². The van der Waals surface area contributed by atoms with E-state index < -0.39 is 0 Å². The fourth-order valence-corrected chi connectivity index (χ4v) is 4.79. The Labute approximate surface area is 170 Å². The van der Waals surface area contributed by atoms with E-state index in [1.165, 1.54) is 23.0 Å². The average Bonchev–Trinajstić information content (AvgIpc) is 2.91. The van der Waals surface area contributed by atoms with Crippen molar-refractivity contribution in [3.63, 3.8) is 0 Å². The van der Waals surface area contributed by atoms with Gasteiger partial charge >= 0.3 is 0 Å². The molecule has 0 spiro atoms. The van der Waals surface area contributed by atoms with E-state index >= 15 is 0 Å². The molecule has 2 aromatic carbocycles. The van der Waals surface area contributed by atoms with Crippen LogP contribution in [0.1, 0.15) is 12.0 Å². The van der Waals surface area contributed by atoms with E-state index in [9.17, 15) is 9.59 Å². The number of para-hydroxylation sites is 2. The molecular weight excluding hydrogens is 370 g/mol. The summed E-state index contributed by atoms with van der Waals surface area (Å²) in [6, 6.07) is 18.2. The molecule has 0 bridgehead atoms. The van der Waals surface area contributed by atoms with Crippen molar-refractivity contribution in [2.24, 2.45) is 0 Å². The van der Waals surface area contributed by atoms with Crippen LogP contribution in [0.4, 0.5) is 11.4 Å². The highest BCUT2D eigenvalue weighted by molar-refractivity contribution is 8.01. The standard InChI is InChI=1S/C22H25N3O2S/c26-21(25-14-12-24(13-15-25)18-7-2-1-3-8-18)16-28-20-11-10-17-6-4-5-9-19(17)23-22(20)27/h1-9,20H,10-16H2,(H,23,27)/t20-/m1/s1. The van der Waals surface area contributed by atoms with Gasteiger partial charge in [0.05, 0.1) is 11.0 Å². The highest BCUT2D eigenvalue weighted by atomic mass is 32.2. The van der Waals surface area contributed by atoms with Gasteiger partial charge < -0.3 is 15.1 Å².